The summed E-state index contributed by atoms with van der Waals surface area (Å²) in [5.74, 6) is 7.66. The van der Waals surface area contributed by atoms with Crippen molar-refractivity contribution in [3.63, 3.8) is 0 Å². The summed E-state index contributed by atoms with van der Waals surface area (Å²) in [4.78, 5) is 8.88. The Kier molecular flexibility index (Phi) is 6.32. The SMILES string of the molecule is COCCC(C)(O)CNc1nc(C(C)C)nc(NN)c1C. The number of hydrogen-bond donors (Lipinski definition) is 4. The van der Waals surface area contributed by atoms with Crippen LogP contribution in [0.15, 0.2) is 0 Å². The average molecular weight is 297 g/mol. The topological polar surface area (TPSA) is 105 Å². The van der Waals surface area contributed by atoms with Crippen LogP contribution >= 0.6 is 0 Å². The average Bonchev–Trinajstić information content (AvgIpc) is 2.44. The van der Waals surface area contributed by atoms with E-state index >= 15 is 0 Å². The van der Waals surface area contributed by atoms with Crippen molar-refractivity contribution in [2.24, 2.45) is 5.84 Å². The number of nitrogens with two attached hydrogens (primary N) is 1. The number of aliphatic hydroxyl groups is 1. The molecule has 0 aliphatic rings. The lowest BCUT2D eigenvalue weighted by molar-refractivity contribution is 0.0357. The highest BCUT2D eigenvalue weighted by molar-refractivity contribution is 5.57. The van der Waals surface area contributed by atoms with Gasteiger partial charge in [-0.05, 0) is 13.8 Å². The number of nitrogens with zero attached hydrogens (tertiary/aromatic N) is 2. The smallest absolute Gasteiger partial charge is 0.148 e. The summed E-state index contributed by atoms with van der Waals surface area (Å²) < 4.78 is 5.00. The van der Waals surface area contributed by atoms with Gasteiger partial charge in [-0.3, -0.25) is 0 Å². The minimum atomic E-state index is -0.873. The van der Waals surface area contributed by atoms with E-state index in [1.165, 1.54) is 0 Å². The normalized spacial score (nSPS) is 14.1. The van der Waals surface area contributed by atoms with Gasteiger partial charge in [0, 0.05) is 38.2 Å². The van der Waals surface area contributed by atoms with Crippen LogP contribution in [-0.2, 0) is 4.74 Å². The summed E-state index contributed by atoms with van der Waals surface area (Å²) in [6.45, 7) is 8.56. The van der Waals surface area contributed by atoms with Gasteiger partial charge in [0.2, 0.25) is 0 Å². The van der Waals surface area contributed by atoms with Crippen LogP contribution in [0.25, 0.3) is 0 Å². The lowest BCUT2D eigenvalue weighted by Gasteiger charge is -2.24. The van der Waals surface area contributed by atoms with E-state index in [0.717, 1.165) is 5.56 Å². The van der Waals surface area contributed by atoms with E-state index in [1.54, 1.807) is 14.0 Å². The predicted molar refractivity (Wildman–Crippen MR) is 84.3 cm³/mol. The highest BCUT2D eigenvalue weighted by atomic mass is 16.5. The number of ether oxygens (including phenoxy) is 1. The van der Waals surface area contributed by atoms with Crippen molar-refractivity contribution in [2.45, 2.75) is 45.6 Å². The second-order valence-corrected chi connectivity index (χ2v) is 5.80. The van der Waals surface area contributed by atoms with Crippen molar-refractivity contribution in [3.8, 4) is 0 Å². The molecular weight excluding hydrogens is 270 g/mol. The molecule has 0 aliphatic carbocycles. The molecule has 7 heteroatoms. The fourth-order valence-electron chi connectivity index (χ4n) is 1.79. The Labute approximate surface area is 126 Å². The van der Waals surface area contributed by atoms with E-state index in [2.05, 4.69) is 20.7 Å². The van der Waals surface area contributed by atoms with Crippen molar-refractivity contribution >= 4 is 11.6 Å². The molecule has 21 heavy (non-hydrogen) atoms. The van der Waals surface area contributed by atoms with Gasteiger partial charge in [0.05, 0.1) is 5.60 Å². The Morgan fingerprint density at radius 3 is 2.48 bits per heavy atom. The molecule has 0 aliphatic heterocycles. The summed E-state index contributed by atoms with van der Waals surface area (Å²) in [5, 5.41) is 13.5. The van der Waals surface area contributed by atoms with Crippen LogP contribution in [0.3, 0.4) is 0 Å². The van der Waals surface area contributed by atoms with E-state index in [4.69, 9.17) is 10.6 Å². The molecule has 0 amide bonds. The molecule has 1 aromatic heterocycles. The molecule has 0 saturated carbocycles. The molecule has 0 fully saturated rings. The summed E-state index contributed by atoms with van der Waals surface area (Å²) in [7, 11) is 1.62. The molecule has 7 nitrogen and oxygen atoms in total. The first-order valence-electron chi connectivity index (χ1n) is 7.11. The number of anilines is 2. The van der Waals surface area contributed by atoms with Crippen LogP contribution in [0.5, 0.6) is 0 Å². The van der Waals surface area contributed by atoms with Gasteiger partial charge in [-0.25, -0.2) is 15.8 Å². The maximum absolute atomic E-state index is 10.3. The number of aromatic nitrogens is 2. The number of hydrogen-bond acceptors (Lipinski definition) is 7. The molecule has 5 N–H and O–H groups in total. The van der Waals surface area contributed by atoms with Crippen molar-refractivity contribution in [1.29, 1.82) is 0 Å². The molecule has 0 radical (unpaired) electrons. The van der Waals surface area contributed by atoms with Gasteiger partial charge in [0.25, 0.3) is 0 Å². The number of methoxy groups -OCH3 is 1. The Bertz CT molecular complexity index is 463. The Balaban J connectivity index is 2.89. The highest BCUT2D eigenvalue weighted by Crippen LogP contribution is 2.23. The van der Waals surface area contributed by atoms with Crippen LogP contribution in [0, 0.1) is 6.92 Å². The van der Waals surface area contributed by atoms with Gasteiger partial charge in [0.15, 0.2) is 0 Å². The molecule has 0 spiro atoms. The van der Waals surface area contributed by atoms with Gasteiger partial charge in [-0.1, -0.05) is 13.8 Å². The van der Waals surface area contributed by atoms with Crippen molar-refractivity contribution < 1.29 is 9.84 Å². The highest BCUT2D eigenvalue weighted by Gasteiger charge is 2.21. The molecule has 1 aromatic rings. The van der Waals surface area contributed by atoms with Gasteiger partial charge in [-0.2, -0.15) is 0 Å². The van der Waals surface area contributed by atoms with Crippen LogP contribution in [0.2, 0.25) is 0 Å². The lowest BCUT2D eigenvalue weighted by atomic mass is 10.0. The third-order valence-corrected chi connectivity index (χ3v) is 3.30. The summed E-state index contributed by atoms with van der Waals surface area (Å²) in [5.41, 5.74) is 2.54. The third kappa shape index (κ3) is 5.11. The standard InChI is InChI=1S/C14H27N5O2/c1-9(2)11-17-12(10(3)13(18-11)19-15)16-8-14(4,20)6-7-21-5/h9,20H,6-8,15H2,1-5H3,(H2,16,17,18,19). The van der Waals surface area contributed by atoms with Crippen LogP contribution in [0.1, 0.15) is 44.5 Å². The van der Waals surface area contributed by atoms with Gasteiger partial charge < -0.3 is 20.6 Å². The van der Waals surface area contributed by atoms with Crippen LogP contribution < -0.4 is 16.6 Å². The fourth-order valence-corrected chi connectivity index (χ4v) is 1.79. The molecule has 0 saturated heterocycles. The maximum atomic E-state index is 10.3. The first kappa shape index (κ1) is 17.6. The fraction of sp³-hybridized carbons (Fsp3) is 0.714. The van der Waals surface area contributed by atoms with E-state index in [1.807, 2.05) is 20.8 Å². The number of nitrogens with one attached hydrogen (secondary N) is 2. The molecule has 1 heterocycles. The zero-order valence-corrected chi connectivity index (χ0v) is 13.5. The molecule has 1 atom stereocenters. The van der Waals surface area contributed by atoms with Gasteiger partial charge in [-0.15, -0.1) is 0 Å². The number of rotatable bonds is 8. The van der Waals surface area contributed by atoms with E-state index in [-0.39, 0.29) is 5.92 Å². The predicted octanol–water partition coefficient (Wildman–Crippen LogP) is 1.39. The molecule has 120 valence electrons. The lowest BCUT2D eigenvalue weighted by Crippen LogP contribution is -2.35. The Hall–Kier alpha value is -1.44. The summed E-state index contributed by atoms with van der Waals surface area (Å²) in [6, 6.07) is 0. The quantitative estimate of drug-likeness (QED) is 0.424. The molecule has 0 bridgehead atoms. The monoisotopic (exact) mass is 297 g/mol. The minimum Gasteiger partial charge on any atom is -0.388 e. The minimum absolute atomic E-state index is 0.187. The van der Waals surface area contributed by atoms with Crippen LogP contribution in [0.4, 0.5) is 11.6 Å². The Morgan fingerprint density at radius 2 is 1.95 bits per heavy atom. The molecular formula is C14H27N5O2. The maximum Gasteiger partial charge on any atom is 0.148 e. The van der Waals surface area contributed by atoms with Crippen LogP contribution in [-0.4, -0.2) is 40.9 Å². The first-order chi connectivity index (χ1) is 9.80. The van der Waals surface area contributed by atoms with Gasteiger partial charge >= 0.3 is 0 Å². The number of hydrazine groups is 1. The molecule has 1 rings (SSSR count). The zero-order chi connectivity index (χ0) is 16.0. The van der Waals surface area contributed by atoms with Crippen molar-refractivity contribution in [1.82, 2.24) is 9.97 Å². The second kappa shape index (κ2) is 7.53. The van der Waals surface area contributed by atoms with Gasteiger partial charge in [0.1, 0.15) is 17.5 Å². The summed E-state index contributed by atoms with van der Waals surface area (Å²) in [6.07, 6.45) is 0.541. The second-order valence-electron chi connectivity index (χ2n) is 5.80. The van der Waals surface area contributed by atoms with Crippen molar-refractivity contribution in [3.05, 3.63) is 11.4 Å². The zero-order valence-electron chi connectivity index (χ0n) is 13.5. The molecule has 0 aromatic carbocycles. The van der Waals surface area contributed by atoms with Crippen molar-refractivity contribution in [2.75, 3.05) is 31.0 Å². The molecule has 1 unspecified atom stereocenters. The summed E-state index contributed by atoms with van der Waals surface area (Å²) >= 11 is 0. The number of nitrogen functional groups attached to an aromatic ring is 1. The van der Waals surface area contributed by atoms with E-state index < -0.39 is 5.60 Å². The largest absolute Gasteiger partial charge is 0.388 e. The third-order valence-electron chi connectivity index (χ3n) is 3.30. The first-order valence-corrected chi connectivity index (χ1v) is 7.11. The van der Waals surface area contributed by atoms with E-state index in [0.29, 0.717) is 37.0 Å². The van der Waals surface area contributed by atoms with E-state index in [9.17, 15) is 5.11 Å². The Morgan fingerprint density at radius 1 is 1.33 bits per heavy atom.